The molecule has 0 saturated carbocycles. The van der Waals surface area contributed by atoms with Crippen molar-refractivity contribution in [3.63, 3.8) is 0 Å². The molecular weight excluding hydrogens is 269 g/mol. The molecular formula is C16H18FN3O. The lowest BCUT2D eigenvalue weighted by atomic mass is 10.1. The highest BCUT2D eigenvalue weighted by Crippen LogP contribution is 2.08. The van der Waals surface area contributed by atoms with Gasteiger partial charge in [0.1, 0.15) is 5.82 Å². The molecule has 1 aromatic carbocycles. The van der Waals surface area contributed by atoms with E-state index in [0.29, 0.717) is 12.1 Å². The van der Waals surface area contributed by atoms with Gasteiger partial charge >= 0.3 is 0 Å². The van der Waals surface area contributed by atoms with E-state index in [1.165, 1.54) is 18.2 Å². The maximum atomic E-state index is 13.3. The van der Waals surface area contributed by atoms with Crippen molar-refractivity contribution in [2.24, 2.45) is 0 Å². The Balaban J connectivity index is 1.73. The number of rotatable bonds is 6. The van der Waals surface area contributed by atoms with Crippen molar-refractivity contribution in [3.8, 4) is 0 Å². The fraction of sp³-hybridized carbons (Fsp3) is 0.250. The molecule has 110 valence electrons. The number of H-pyrrole nitrogens is 1. The number of carbonyl (C=O) groups excluding carboxylic acids is 1. The molecule has 1 amide bonds. The molecule has 2 rings (SSSR count). The fourth-order valence-electron chi connectivity index (χ4n) is 1.95. The average molecular weight is 287 g/mol. The van der Waals surface area contributed by atoms with E-state index in [9.17, 15) is 9.18 Å². The van der Waals surface area contributed by atoms with Gasteiger partial charge in [-0.3, -0.25) is 9.89 Å². The number of nitrogens with zero attached hydrogens (tertiary/aromatic N) is 1. The van der Waals surface area contributed by atoms with Crippen LogP contribution in [0.3, 0.4) is 0 Å². The van der Waals surface area contributed by atoms with Gasteiger partial charge in [0.05, 0.1) is 6.20 Å². The molecule has 0 radical (unpaired) electrons. The molecule has 1 heterocycles. The molecule has 0 unspecified atom stereocenters. The molecule has 2 aromatic rings. The molecule has 4 nitrogen and oxygen atoms in total. The molecule has 0 aliphatic carbocycles. The third kappa shape index (κ3) is 4.56. The Morgan fingerprint density at radius 2 is 2.24 bits per heavy atom. The topological polar surface area (TPSA) is 57.8 Å². The molecule has 0 saturated heterocycles. The van der Waals surface area contributed by atoms with E-state index < -0.39 is 0 Å². The third-order valence-corrected chi connectivity index (χ3v) is 3.18. The van der Waals surface area contributed by atoms with Crippen LogP contribution in [-0.2, 0) is 11.2 Å². The van der Waals surface area contributed by atoms with Crippen molar-refractivity contribution < 1.29 is 9.18 Å². The van der Waals surface area contributed by atoms with Crippen LogP contribution in [0.2, 0.25) is 0 Å². The summed E-state index contributed by atoms with van der Waals surface area (Å²) >= 11 is 0. The van der Waals surface area contributed by atoms with Crippen molar-refractivity contribution in [3.05, 3.63) is 59.2 Å². The van der Waals surface area contributed by atoms with Gasteiger partial charge in [0.15, 0.2) is 0 Å². The Labute approximate surface area is 123 Å². The maximum Gasteiger partial charge on any atom is 0.244 e. The lowest BCUT2D eigenvalue weighted by Crippen LogP contribution is -2.22. The highest BCUT2D eigenvalue weighted by Gasteiger charge is 2.01. The minimum absolute atomic E-state index is 0.220. The Morgan fingerprint density at radius 3 is 2.95 bits per heavy atom. The van der Waals surface area contributed by atoms with E-state index in [1.807, 2.05) is 6.92 Å². The second-order valence-electron chi connectivity index (χ2n) is 4.77. The van der Waals surface area contributed by atoms with Crippen LogP contribution in [0.5, 0.6) is 0 Å². The summed E-state index contributed by atoms with van der Waals surface area (Å²) in [6.07, 6.45) is 6.32. The first-order chi connectivity index (χ1) is 10.2. The zero-order valence-electron chi connectivity index (χ0n) is 11.9. The van der Waals surface area contributed by atoms with Gasteiger partial charge in [-0.15, -0.1) is 0 Å². The zero-order valence-corrected chi connectivity index (χ0v) is 11.9. The van der Waals surface area contributed by atoms with Crippen LogP contribution in [0.15, 0.2) is 36.5 Å². The van der Waals surface area contributed by atoms with E-state index >= 15 is 0 Å². The van der Waals surface area contributed by atoms with Crippen LogP contribution < -0.4 is 5.32 Å². The summed E-state index contributed by atoms with van der Waals surface area (Å²) in [4.78, 5) is 11.6. The molecule has 5 heteroatoms. The van der Waals surface area contributed by atoms with Crippen LogP contribution in [0.4, 0.5) is 4.39 Å². The molecule has 0 aliphatic heterocycles. The normalized spacial score (nSPS) is 11.0. The van der Waals surface area contributed by atoms with Gasteiger partial charge in [-0.1, -0.05) is 18.2 Å². The minimum Gasteiger partial charge on any atom is -0.353 e. The number of carbonyl (C=O) groups is 1. The van der Waals surface area contributed by atoms with E-state index in [2.05, 4.69) is 15.5 Å². The smallest absolute Gasteiger partial charge is 0.244 e. The number of hydrogen-bond acceptors (Lipinski definition) is 2. The number of nitrogens with one attached hydrogen (secondary N) is 2. The first-order valence-electron chi connectivity index (χ1n) is 6.86. The predicted molar refractivity (Wildman–Crippen MR) is 80.1 cm³/mol. The summed E-state index contributed by atoms with van der Waals surface area (Å²) in [6.45, 7) is 2.54. The van der Waals surface area contributed by atoms with Crippen molar-refractivity contribution >= 4 is 12.0 Å². The summed E-state index contributed by atoms with van der Waals surface area (Å²) in [6, 6.07) is 6.34. The van der Waals surface area contributed by atoms with Crippen LogP contribution in [0, 0.1) is 12.7 Å². The summed E-state index contributed by atoms with van der Waals surface area (Å²) in [5.41, 5.74) is 2.62. The number of aryl methyl sites for hydroxylation is 2. The summed E-state index contributed by atoms with van der Waals surface area (Å²) in [5.74, 6) is -0.556. The first kappa shape index (κ1) is 15.0. The second kappa shape index (κ2) is 7.38. The Morgan fingerprint density at radius 1 is 1.43 bits per heavy atom. The van der Waals surface area contributed by atoms with E-state index in [4.69, 9.17) is 0 Å². The third-order valence-electron chi connectivity index (χ3n) is 3.18. The SMILES string of the molecule is Cc1[nH]ncc1CCCNC(=O)C=Cc1ccccc1F. The molecule has 0 fully saturated rings. The van der Waals surface area contributed by atoms with Crippen molar-refractivity contribution in [2.45, 2.75) is 19.8 Å². The molecule has 1 aromatic heterocycles. The molecule has 0 spiro atoms. The van der Waals surface area contributed by atoms with Gasteiger partial charge in [0, 0.05) is 23.9 Å². The molecule has 0 aliphatic rings. The van der Waals surface area contributed by atoms with Crippen LogP contribution >= 0.6 is 0 Å². The van der Waals surface area contributed by atoms with Gasteiger partial charge in [-0.2, -0.15) is 5.10 Å². The van der Waals surface area contributed by atoms with Crippen molar-refractivity contribution in [1.82, 2.24) is 15.5 Å². The minimum atomic E-state index is -0.336. The monoisotopic (exact) mass is 287 g/mol. The lowest BCUT2D eigenvalue weighted by molar-refractivity contribution is -0.116. The van der Waals surface area contributed by atoms with Gasteiger partial charge in [-0.05, 0) is 37.5 Å². The van der Waals surface area contributed by atoms with Gasteiger partial charge in [0.25, 0.3) is 0 Å². The van der Waals surface area contributed by atoms with Crippen molar-refractivity contribution in [1.29, 1.82) is 0 Å². The summed E-state index contributed by atoms with van der Waals surface area (Å²) in [7, 11) is 0. The predicted octanol–water partition coefficient (Wildman–Crippen LogP) is 2.62. The van der Waals surface area contributed by atoms with Crippen LogP contribution in [0.25, 0.3) is 6.08 Å². The number of halogens is 1. The highest BCUT2D eigenvalue weighted by atomic mass is 19.1. The van der Waals surface area contributed by atoms with Gasteiger partial charge in [0.2, 0.25) is 5.91 Å². The van der Waals surface area contributed by atoms with Crippen molar-refractivity contribution in [2.75, 3.05) is 6.54 Å². The summed E-state index contributed by atoms with van der Waals surface area (Å²) < 4.78 is 13.3. The molecule has 2 N–H and O–H groups in total. The first-order valence-corrected chi connectivity index (χ1v) is 6.86. The Kier molecular flexibility index (Phi) is 5.26. The van der Waals surface area contributed by atoms with Crippen LogP contribution in [-0.4, -0.2) is 22.6 Å². The largest absolute Gasteiger partial charge is 0.353 e. The fourth-order valence-corrected chi connectivity index (χ4v) is 1.95. The lowest BCUT2D eigenvalue weighted by Gasteiger charge is -2.02. The number of aromatic nitrogens is 2. The highest BCUT2D eigenvalue weighted by molar-refractivity contribution is 5.91. The van der Waals surface area contributed by atoms with Gasteiger partial charge < -0.3 is 5.32 Å². The number of benzene rings is 1. The Bertz CT molecular complexity index is 634. The maximum absolute atomic E-state index is 13.3. The number of aromatic amines is 1. The van der Waals surface area contributed by atoms with E-state index in [1.54, 1.807) is 24.4 Å². The second-order valence-corrected chi connectivity index (χ2v) is 4.77. The van der Waals surface area contributed by atoms with Gasteiger partial charge in [-0.25, -0.2) is 4.39 Å². The zero-order chi connectivity index (χ0) is 15.1. The van der Waals surface area contributed by atoms with E-state index in [0.717, 1.165) is 24.1 Å². The average Bonchev–Trinajstić information content (AvgIpc) is 2.88. The van der Waals surface area contributed by atoms with E-state index in [-0.39, 0.29) is 11.7 Å². The Hall–Kier alpha value is -2.43. The molecule has 0 atom stereocenters. The summed E-state index contributed by atoms with van der Waals surface area (Å²) in [5, 5.41) is 9.60. The number of amides is 1. The standard InChI is InChI=1S/C16H18FN3O/c1-12-14(11-19-20-12)6-4-10-18-16(21)9-8-13-5-2-3-7-15(13)17/h2-3,5,7-9,11H,4,6,10H2,1H3,(H,18,21)(H,19,20). The molecule has 0 bridgehead atoms. The quantitative estimate of drug-likeness (QED) is 0.634. The molecule has 21 heavy (non-hydrogen) atoms. The van der Waals surface area contributed by atoms with Crippen LogP contribution in [0.1, 0.15) is 23.2 Å². The number of hydrogen-bond donors (Lipinski definition) is 2.